The van der Waals surface area contributed by atoms with Crippen molar-refractivity contribution < 1.29 is 4.79 Å². The number of carbonyl (C=O) groups is 1. The van der Waals surface area contributed by atoms with Crippen LogP contribution >= 0.6 is 0 Å². The molecule has 0 unspecified atom stereocenters. The standard InChI is InChI=1S/C12H15N5O/c1-8-4-3-5-9(15-8)7-17(2)12(18)11-10(13)6-14-16-11/h3-6H,7,13H2,1-2H3,(H,14,16). The summed E-state index contributed by atoms with van der Waals surface area (Å²) in [4.78, 5) is 18.0. The van der Waals surface area contributed by atoms with E-state index in [0.29, 0.717) is 17.9 Å². The number of aryl methyl sites for hydroxylation is 1. The molecule has 0 bridgehead atoms. The van der Waals surface area contributed by atoms with Gasteiger partial charge in [-0.15, -0.1) is 0 Å². The van der Waals surface area contributed by atoms with E-state index < -0.39 is 0 Å². The number of aromatic amines is 1. The molecule has 2 heterocycles. The van der Waals surface area contributed by atoms with Gasteiger partial charge in [0.1, 0.15) is 5.69 Å². The van der Waals surface area contributed by atoms with E-state index in [4.69, 9.17) is 5.73 Å². The third-order valence-corrected chi connectivity index (χ3v) is 2.57. The van der Waals surface area contributed by atoms with Gasteiger partial charge < -0.3 is 10.6 Å². The number of hydrogen-bond donors (Lipinski definition) is 2. The molecule has 0 aliphatic carbocycles. The molecule has 0 saturated carbocycles. The summed E-state index contributed by atoms with van der Waals surface area (Å²) < 4.78 is 0. The Morgan fingerprint density at radius 3 is 2.89 bits per heavy atom. The number of nitrogens with two attached hydrogens (primary N) is 1. The van der Waals surface area contributed by atoms with Crippen molar-refractivity contribution in [2.45, 2.75) is 13.5 Å². The molecule has 94 valence electrons. The smallest absolute Gasteiger partial charge is 0.274 e. The van der Waals surface area contributed by atoms with Crippen LogP contribution in [0.1, 0.15) is 21.9 Å². The summed E-state index contributed by atoms with van der Waals surface area (Å²) in [5.74, 6) is -0.201. The van der Waals surface area contributed by atoms with Gasteiger partial charge >= 0.3 is 0 Å². The second-order valence-corrected chi connectivity index (χ2v) is 4.13. The molecular weight excluding hydrogens is 230 g/mol. The molecule has 0 radical (unpaired) electrons. The van der Waals surface area contributed by atoms with Crippen LogP contribution in [0.4, 0.5) is 5.69 Å². The van der Waals surface area contributed by atoms with E-state index in [1.165, 1.54) is 6.20 Å². The van der Waals surface area contributed by atoms with Crippen LogP contribution in [-0.4, -0.2) is 33.0 Å². The van der Waals surface area contributed by atoms with Gasteiger partial charge in [0.2, 0.25) is 0 Å². The number of nitrogens with zero attached hydrogens (tertiary/aromatic N) is 3. The van der Waals surface area contributed by atoms with Crippen molar-refractivity contribution in [1.82, 2.24) is 20.1 Å². The number of anilines is 1. The fourth-order valence-electron chi connectivity index (χ4n) is 1.66. The Morgan fingerprint density at radius 1 is 1.50 bits per heavy atom. The zero-order valence-electron chi connectivity index (χ0n) is 10.3. The lowest BCUT2D eigenvalue weighted by molar-refractivity contribution is 0.0778. The maximum Gasteiger partial charge on any atom is 0.274 e. The maximum absolute atomic E-state index is 12.1. The highest BCUT2D eigenvalue weighted by Gasteiger charge is 2.16. The molecule has 6 nitrogen and oxygen atoms in total. The minimum atomic E-state index is -0.201. The number of nitrogens with one attached hydrogen (secondary N) is 1. The summed E-state index contributed by atoms with van der Waals surface area (Å²) in [6.07, 6.45) is 1.42. The van der Waals surface area contributed by atoms with Crippen LogP contribution in [0.2, 0.25) is 0 Å². The van der Waals surface area contributed by atoms with Crippen molar-refractivity contribution in [3.05, 3.63) is 41.5 Å². The number of amides is 1. The molecule has 0 aliphatic rings. The Hall–Kier alpha value is -2.37. The molecule has 0 aromatic carbocycles. The molecule has 2 rings (SSSR count). The first-order chi connectivity index (χ1) is 8.58. The molecule has 2 aromatic heterocycles. The predicted octanol–water partition coefficient (Wildman–Crippen LogP) is 0.968. The van der Waals surface area contributed by atoms with Gasteiger partial charge in [0.25, 0.3) is 5.91 Å². The van der Waals surface area contributed by atoms with Crippen LogP contribution in [0.15, 0.2) is 24.4 Å². The number of rotatable bonds is 3. The lowest BCUT2D eigenvalue weighted by atomic mass is 10.3. The molecule has 0 fully saturated rings. The Kier molecular flexibility index (Phi) is 3.27. The first-order valence-electron chi connectivity index (χ1n) is 5.55. The molecular formula is C12H15N5O. The highest BCUT2D eigenvalue weighted by Crippen LogP contribution is 2.10. The zero-order chi connectivity index (χ0) is 13.1. The van der Waals surface area contributed by atoms with Gasteiger partial charge in [-0.3, -0.25) is 14.9 Å². The minimum absolute atomic E-state index is 0.201. The summed E-state index contributed by atoms with van der Waals surface area (Å²) in [5, 5.41) is 6.33. The maximum atomic E-state index is 12.1. The van der Waals surface area contributed by atoms with Crippen molar-refractivity contribution in [2.75, 3.05) is 12.8 Å². The van der Waals surface area contributed by atoms with Gasteiger partial charge in [0, 0.05) is 12.7 Å². The average molecular weight is 245 g/mol. The lowest BCUT2D eigenvalue weighted by Gasteiger charge is -2.16. The number of hydrogen-bond acceptors (Lipinski definition) is 4. The molecule has 1 amide bonds. The molecule has 0 spiro atoms. The van der Waals surface area contributed by atoms with Gasteiger partial charge in [0.05, 0.1) is 24.1 Å². The van der Waals surface area contributed by atoms with Gasteiger partial charge in [-0.25, -0.2) is 0 Å². The normalized spacial score (nSPS) is 10.3. The highest BCUT2D eigenvalue weighted by molar-refractivity contribution is 5.96. The summed E-state index contributed by atoms with van der Waals surface area (Å²) in [5.41, 5.74) is 8.06. The molecule has 2 aromatic rings. The van der Waals surface area contributed by atoms with Gasteiger partial charge in [-0.1, -0.05) is 6.07 Å². The Morgan fingerprint density at radius 2 is 2.28 bits per heavy atom. The molecule has 0 aliphatic heterocycles. The first-order valence-corrected chi connectivity index (χ1v) is 5.55. The predicted molar refractivity (Wildman–Crippen MR) is 67.8 cm³/mol. The first kappa shape index (κ1) is 12.1. The van der Waals surface area contributed by atoms with Crippen LogP contribution in [0.25, 0.3) is 0 Å². The van der Waals surface area contributed by atoms with Crippen molar-refractivity contribution in [1.29, 1.82) is 0 Å². The summed E-state index contributed by atoms with van der Waals surface area (Å²) in [6, 6.07) is 5.71. The molecule has 6 heteroatoms. The fraction of sp³-hybridized carbons (Fsp3) is 0.250. The second-order valence-electron chi connectivity index (χ2n) is 4.13. The highest BCUT2D eigenvalue weighted by atomic mass is 16.2. The van der Waals surface area contributed by atoms with E-state index >= 15 is 0 Å². The number of aromatic nitrogens is 3. The van der Waals surface area contributed by atoms with Crippen molar-refractivity contribution >= 4 is 11.6 Å². The third kappa shape index (κ3) is 2.48. The van der Waals surface area contributed by atoms with E-state index in [9.17, 15) is 4.79 Å². The van der Waals surface area contributed by atoms with Crippen LogP contribution in [-0.2, 0) is 6.54 Å². The number of nitrogen functional groups attached to an aromatic ring is 1. The largest absolute Gasteiger partial charge is 0.396 e. The quantitative estimate of drug-likeness (QED) is 0.843. The topological polar surface area (TPSA) is 87.9 Å². The second kappa shape index (κ2) is 4.87. The summed E-state index contributed by atoms with van der Waals surface area (Å²) >= 11 is 0. The Labute approximate surface area is 105 Å². The molecule has 3 N–H and O–H groups in total. The van der Waals surface area contributed by atoms with E-state index in [0.717, 1.165) is 11.4 Å². The average Bonchev–Trinajstić information content (AvgIpc) is 2.74. The Balaban J connectivity index is 2.11. The molecule has 0 atom stereocenters. The monoisotopic (exact) mass is 245 g/mol. The van der Waals surface area contributed by atoms with E-state index in [1.807, 2.05) is 25.1 Å². The van der Waals surface area contributed by atoms with E-state index in [-0.39, 0.29) is 5.91 Å². The van der Waals surface area contributed by atoms with E-state index in [1.54, 1.807) is 11.9 Å². The SMILES string of the molecule is Cc1cccc(CN(C)C(=O)c2[nH]ncc2N)n1. The zero-order valence-corrected chi connectivity index (χ0v) is 10.3. The summed E-state index contributed by atoms with van der Waals surface area (Å²) in [7, 11) is 1.70. The van der Waals surface area contributed by atoms with Crippen molar-refractivity contribution in [3.63, 3.8) is 0 Å². The minimum Gasteiger partial charge on any atom is -0.396 e. The van der Waals surface area contributed by atoms with Gasteiger partial charge in [-0.2, -0.15) is 5.10 Å². The molecule has 0 saturated heterocycles. The van der Waals surface area contributed by atoms with Gasteiger partial charge in [0.15, 0.2) is 0 Å². The van der Waals surface area contributed by atoms with E-state index in [2.05, 4.69) is 15.2 Å². The van der Waals surface area contributed by atoms with Crippen LogP contribution in [0.5, 0.6) is 0 Å². The van der Waals surface area contributed by atoms with Crippen molar-refractivity contribution in [3.8, 4) is 0 Å². The summed E-state index contributed by atoms with van der Waals surface area (Å²) in [6.45, 7) is 2.34. The van der Waals surface area contributed by atoms with Crippen LogP contribution < -0.4 is 5.73 Å². The fourth-order valence-corrected chi connectivity index (χ4v) is 1.66. The number of carbonyl (C=O) groups excluding carboxylic acids is 1. The number of H-pyrrole nitrogens is 1. The lowest BCUT2D eigenvalue weighted by Crippen LogP contribution is -2.27. The third-order valence-electron chi connectivity index (χ3n) is 2.57. The number of pyridine rings is 1. The van der Waals surface area contributed by atoms with Gasteiger partial charge in [-0.05, 0) is 19.1 Å². The van der Waals surface area contributed by atoms with Crippen LogP contribution in [0.3, 0.4) is 0 Å². The van der Waals surface area contributed by atoms with Crippen LogP contribution in [0, 0.1) is 6.92 Å². The molecule has 18 heavy (non-hydrogen) atoms. The van der Waals surface area contributed by atoms with Crippen molar-refractivity contribution in [2.24, 2.45) is 0 Å². The Bertz CT molecular complexity index is 563.